The molecule has 0 amide bonds. The lowest BCUT2D eigenvalue weighted by molar-refractivity contribution is 0.628. The highest BCUT2D eigenvalue weighted by atomic mass is 35.5. The third-order valence-electron chi connectivity index (χ3n) is 4.39. The first-order chi connectivity index (χ1) is 12.1. The fourth-order valence-electron chi connectivity index (χ4n) is 3.17. The summed E-state index contributed by atoms with van der Waals surface area (Å²) in [7, 11) is 0. The number of fused-ring (bicyclic) bond motifs is 1. The van der Waals surface area contributed by atoms with Crippen molar-refractivity contribution < 1.29 is 4.39 Å². The van der Waals surface area contributed by atoms with Gasteiger partial charge in [0, 0.05) is 22.7 Å². The zero-order chi connectivity index (χ0) is 17.4. The van der Waals surface area contributed by atoms with Crippen LogP contribution in [0.4, 0.5) is 10.2 Å². The van der Waals surface area contributed by atoms with Crippen LogP contribution in [0, 0.1) is 5.82 Å². The molecule has 0 bridgehead atoms. The Morgan fingerprint density at radius 3 is 2.60 bits per heavy atom. The van der Waals surface area contributed by atoms with Crippen molar-refractivity contribution in [2.45, 2.75) is 19.3 Å². The Balaban J connectivity index is 1.91. The molecule has 6 heteroatoms. The van der Waals surface area contributed by atoms with Gasteiger partial charge in [-0.05, 0) is 61.7 Å². The summed E-state index contributed by atoms with van der Waals surface area (Å²) in [5, 5.41) is 9.32. The zero-order valence-corrected chi connectivity index (χ0v) is 14.9. The lowest BCUT2D eigenvalue weighted by Gasteiger charge is -2.09. The van der Waals surface area contributed by atoms with Gasteiger partial charge >= 0.3 is 0 Å². The first-order valence-electron chi connectivity index (χ1n) is 8.20. The summed E-state index contributed by atoms with van der Waals surface area (Å²) < 4.78 is 15.3. The van der Waals surface area contributed by atoms with E-state index in [0.717, 1.165) is 54.1 Å². The Kier molecular flexibility index (Phi) is 4.40. The predicted octanol–water partition coefficient (Wildman–Crippen LogP) is 5.73. The van der Waals surface area contributed by atoms with Crippen molar-refractivity contribution in [2.24, 2.45) is 0 Å². The van der Waals surface area contributed by atoms with Crippen molar-refractivity contribution in [3.8, 4) is 16.9 Å². The van der Waals surface area contributed by atoms with Crippen LogP contribution in [0.15, 0.2) is 42.5 Å². The second-order valence-electron chi connectivity index (χ2n) is 6.07. The van der Waals surface area contributed by atoms with E-state index in [1.54, 1.807) is 6.07 Å². The maximum absolute atomic E-state index is 13.4. The number of hydrogen-bond acceptors (Lipinski definition) is 2. The number of hydrogen-bond donors (Lipinski definition) is 1. The standard InChI is InChI=1S/C19H16Cl2FN3/c20-12-4-7-14(8-5-12)25-19-16(3-1-2-10-23-19)18(24-25)15-9-6-13(22)11-17(15)21/h4-9,11,23H,1-3,10H2. The maximum atomic E-state index is 13.4. The molecule has 0 saturated heterocycles. The lowest BCUT2D eigenvalue weighted by atomic mass is 10.0. The van der Waals surface area contributed by atoms with Gasteiger partial charge in [0.25, 0.3) is 0 Å². The average molecular weight is 376 g/mol. The number of rotatable bonds is 2. The van der Waals surface area contributed by atoms with Gasteiger partial charge in [-0.15, -0.1) is 0 Å². The molecule has 0 fully saturated rings. The van der Waals surface area contributed by atoms with Crippen molar-refractivity contribution in [1.29, 1.82) is 0 Å². The summed E-state index contributed by atoms with van der Waals surface area (Å²) in [6.45, 7) is 0.892. The first-order valence-corrected chi connectivity index (χ1v) is 8.96. The molecule has 1 N–H and O–H groups in total. The summed E-state index contributed by atoms with van der Waals surface area (Å²) >= 11 is 12.3. The van der Waals surface area contributed by atoms with Gasteiger partial charge in [0.15, 0.2) is 0 Å². The number of nitrogens with one attached hydrogen (secondary N) is 1. The van der Waals surface area contributed by atoms with E-state index in [2.05, 4.69) is 5.32 Å². The maximum Gasteiger partial charge on any atom is 0.133 e. The second-order valence-corrected chi connectivity index (χ2v) is 6.92. The van der Waals surface area contributed by atoms with Gasteiger partial charge in [-0.3, -0.25) is 0 Å². The van der Waals surface area contributed by atoms with E-state index in [1.165, 1.54) is 12.1 Å². The SMILES string of the molecule is Fc1ccc(-c2nn(-c3ccc(Cl)cc3)c3c2CCCCN3)c(Cl)c1. The normalized spacial score (nSPS) is 13.9. The monoisotopic (exact) mass is 375 g/mol. The van der Waals surface area contributed by atoms with E-state index >= 15 is 0 Å². The van der Waals surface area contributed by atoms with Crippen molar-refractivity contribution >= 4 is 29.0 Å². The molecule has 0 spiro atoms. The van der Waals surface area contributed by atoms with Crippen molar-refractivity contribution in [1.82, 2.24) is 9.78 Å². The Labute approximate surface area is 155 Å². The Hall–Kier alpha value is -2.04. The molecular weight excluding hydrogens is 360 g/mol. The highest BCUT2D eigenvalue weighted by Crippen LogP contribution is 2.37. The minimum Gasteiger partial charge on any atom is -0.370 e. The highest BCUT2D eigenvalue weighted by Gasteiger charge is 2.23. The lowest BCUT2D eigenvalue weighted by Crippen LogP contribution is -2.07. The van der Waals surface area contributed by atoms with Crippen LogP contribution in [0.1, 0.15) is 18.4 Å². The van der Waals surface area contributed by atoms with Crippen LogP contribution in [0.3, 0.4) is 0 Å². The van der Waals surface area contributed by atoms with Crippen LogP contribution >= 0.6 is 23.2 Å². The van der Waals surface area contributed by atoms with Gasteiger partial charge in [-0.25, -0.2) is 9.07 Å². The molecule has 2 heterocycles. The number of aromatic nitrogens is 2. The first kappa shape index (κ1) is 16.4. The molecule has 25 heavy (non-hydrogen) atoms. The number of halogens is 3. The molecule has 0 unspecified atom stereocenters. The molecule has 0 atom stereocenters. The predicted molar refractivity (Wildman–Crippen MR) is 100 cm³/mol. The zero-order valence-electron chi connectivity index (χ0n) is 13.4. The van der Waals surface area contributed by atoms with Gasteiger partial charge in [-0.2, -0.15) is 5.10 Å². The third kappa shape index (κ3) is 3.12. The van der Waals surface area contributed by atoms with Crippen LogP contribution in [0.25, 0.3) is 16.9 Å². The molecule has 4 rings (SSSR count). The van der Waals surface area contributed by atoms with Gasteiger partial charge in [0.2, 0.25) is 0 Å². The van der Waals surface area contributed by atoms with Crippen LogP contribution in [-0.4, -0.2) is 16.3 Å². The number of anilines is 1. The van der Waals surface area contributed by atoms with E-state index in [4.69, 9.17) is 28.3 Å². The summed E-state index contributed by atoms with van der Waals surface area (Å²) in [6, 6.07) is 12.0. The largest absolute Gasteiger partial charge is 0.370 e. The van der Waals surface area contributed by atoms with Crippen LogP contribution < -0.4 is 5.32 Å². The summed E-state index contributed by atoms with van der Waals surface area (Å²) in [5.74, 6) is 0.616. The van der Waals surface area contributed by atoms with Crippen LogP contribution in [-0.2, 0) is 6.42 Å². The molecule has 0 aliphatic carbocycles. The average Bonchev–Trinajstić information content (AvgIpc) is 2.78. The molecule has 2 aromatic carbocycles. The molecule has 1 aliphatic rings. The summed E-state index contributed by atoms with van der Waals surface area (Å²) in [4.78, 5) is 0. The third-order valence-corrected chi connectivity index (χ3v) is 4.95. The van der Waals surface area contributed by atoms with E-state index in [1.807, 2.05) is 28.9 Å². The van der Waals surface area contributed by atoms with E-state index < -0.39 is 0 Å². The molecule has 0 radical (unpaired) electrons. The van der Waals surface area contributed by atoms with Crippen LogP contribution in [0.2, 0.25) is 10.0 Å². The molecule has 1 aromatic heterocycles. The van der Waals surface area contributed by atoms with Crippen LogP contribution in [0.5, 0.6) is 0 Å². The quantitative estimate of drug-likeness (QED) is 0.619. The summed E-state index contributed by atoms with van der Waals surface area (Å²) in [5.41, 5.74) is 3.57. The fraction of sp³-hybridized carbons (Fsp3) is 0.211. The minimum absolute atomic E-state index is 0.352. The molecule has 1 aliphatic heterocycles. The molecule has 3 nitrogen and oxygen atoms in total. The smallest absolute Gasteiger partial charge is 0.133 e. The van der Waals surface area contributed by atoms with Crippen molar-refractivity contribution in [2.75, 3.05) is 11.9 Å². The Morgan fingerprint density at radius 2 is 1.84 bits per heavy atom. The number of nitrogens with zero attached hydrogens (tertiary/aromatic N) is 2. The van der Waals surface area contributed by atoms with E-state index in [-0.39, 0.29) is 5.82 Å². The van der Waals surface area contributed by atoms with Crippen molar-refractivity contribution in [3.63, 3.8) is 0 Å². The van der Waals surface area contributed by atoms with Gasteiger partial charge in [0.1, 0.15) is 11.6 Å². The Bertz CT molecular complexity index is 919. The van der Waals surface area contributed by atoms with Gasteiger partial charge in [0.05, 0.1) is 16.4 Å². The topological polar surface area (TPSA) is 29.9 Å². The van der Waals surface area contributed by atoms with E-state index in [0.29, 0.717) is 10.0 Å². The second kappa shape index (κ2) is 6.70. The molecule has 128 valence electrons. The van der Waals surface area contributed by atoms with E-state index in [9.17, 15) is 4.39 Å². The molecule has 3 aromatic rings. The van der Waals surface area contributed by atoms with Crippen molar-refractivity contribution in [3.05, 3.63) is 63.9 Å². The van der Waals surface area contributed by atoms with Gasteiger partial charge < -0.3 is 5.32 Å². The minimum atomic E-state index is -0.352. The van der Waals surface area contributed by atoms with Gasteiger partial charge in [-0.1, -0.05) is 23.2 Å². The Morgan fingerprint density at radius 1 is 1.04 bits per heavy atom. The molecular formula is C19H16Cl2FN3. The highest BCUT2D eigenvalue weighted by molar-refractivity contribution is 6.33. The fourth-order valence-corrected chi connectivity index (χ4v) is 3.55. The number of benzene rings is 2. The summed E-state index contributed by atoms with van der Waals surface area (Å²) in [6.07, 6.45) is 3.06. The molecule has 0 saturated carbocycles.